The fourth-order valence-electron chi connectivity index (χ4n) is 4.39. The minimum atomic E-state index is -1.08. The van der Waals surface area contributed by atoms with E-state index in [0.717, 1.165) is 6.07 Å². The van der Waals surface area contributed by atoms with Gasteiger partial charge in [0.15, 0.2) is 28.8 Å². The van der Waals surface area contributed by atoms with Gasteiger partial charge in [-0.15, -0.1) is 0 Å². The summed E-state index contributed by atoms with van der Waals surface area (Å²) in [6.07, 6.45) is 1.65. The second kappa shape index (κ2) is 9.77. The lowest BCUT2D eigenvalue weighted by Gasteiger charge is -2.44. The number of halogens is 3. The zero-order valence-electron chi connectivity index (χ0n) is 21.1. The fourth-order valence-corrected chi connectivity index (χ4v) is 4.39. The average molecular weight is 526 g/mol. The second-order valence-corrected chi connectivity index (χ2v) is 9.63. The molecule has 2 aromatic heterocycles. The molecule has 1 amide bonds. The first-order valence-electron chi connectivity index (χ1n) is 12.0. The van der Waals surface area contributed by atoms with Crippen molar-refractivity contribution in [2.24, 2.45) is 0 Å². The zero-order valence-corrected chi connectivity index (χ0v) is 21.1. The molecule has 4 aromatic rings. The van der Waals surface area contributed by atoms with Crippen LogP contribution in [-0.2, 0) is 21.6 Å². The Morgan fingerprint density at radius 1 is 1.05 bits per heavy atom. The quantitative estimate of drug-likeness (QED) is 0.382. The molecule has 0 radical (unpaired) electrons. The van der Waals surface area contributed by atoms with E-state index in [2.05, 4.69) is 10.3 Å². The third-order valence-corrected chi connectivity index (χ3v) is 6.50. The molecule has 3 heterocycles. The van der Waals surface area contributed by atoms with Crippen LogP contribution in [0.4, 0.5) is 13.2 Å². The highest BCUT2D eigenvalue weighted by atomic mass is 19.2. The van der Waals surface area contributed by atoms with Crippen LogP contribution >= 0.6 is 0 Å². The number of hydrogen-bond acceptors (Lipinski definition) is 5. The molecule has 0 spiro atoms. The van der Waals surface area contributed by atoms with Crippen LogP contribution in [0.25, 0.3) is 5.65 Å². The van der Waals surface area contributed by atoms with Crippen molar-refractivity contribution in [2.75, 3.05) is 13.2 Å². The number of nitrogens with zero attached hydrogens (tertiary/aromatic N) is 2. The van der Waals surface area contributed by atoms with E-state index in [-0.39, 0.29) is 36.8 Å². The van der Waals surface area contributed by atoms with E-state index in [9.17, 15) is 18.0 Å². The Kier molecular flexibility index (Phi) is 6.62. The van der Waals surface area contributed by atoms with Gasteiger partial charge in [0.1, 0.15) is 23.7 Å². The summed E-state index contributed by atoms with van der Waals surface area (Å²) in [6.45, 7) is 5.19. The first-order valence-corrected chi connectivity index (χ1v) is 12.0. The number of rotatable bonds is 6. The molecule has 5 rings (SSSR count). The molecule has 1 aliphatic rings. The SMILES string of the molecule is Cc1nc2c(OCc3cccc(F)c3F)cccn2c1C(=O)NC1(c2ccc(F)cc2)COC(C)(C)OC1. The topological polar surface area (TPSA) is 74.1 Å². The molecule has 198 valence electrons. The molecule has 0 atom stereocenters. The average Bonchev–Trinajstić information content (AvgIpc) is 3.23. The van der Waals surface area contributed by atoms with Gasteiger partial charge in [-0.25, -0.2) is 18.2 Å². The van der Waals surface area contributed by atoms with E-state index >= 15 is 0 Å². The third kappa shape index (κ3) is 4.84. The molecular formula is C28H26F3N3O4. The normalized spacial score (nSPS) is 16.4. The van der Waals surface area contributed by atoms with Gasteiger partial charge in [-0.1, -0.05) is 24.3 Å². The summed E-state index contributed by atoms with van der Waals surface area (Å²) in [6, 6.07) is 12.9. The summed E-state index contributed by atoms with van der Waals surface area (Å²) in [4.78, 5) is 18.2. The van der Waals surface area contributed by atoms with Gasteiger partial charge in [-0.2, -0.15) is 0 Å². The number of aromatic nitrogens is 2. The van der Waals surface area contributed by atoms with Gasteiger partial charge in [-0.05, 0) is 56.7 Å². The lowest BCUT2D eigenvalue weighted by atomic mass is 9.90. The zero-order chi connectivity index (χ0) is 27.1. The molecule has 1 saturated heterocycles. The second-order valence-electron chi connectivity index (χ2n) is 9.63. The Bertz CT molecular complexity index is 1490. The number of aryl methyl sites for hydroxylation is 1. The van der Waals surface area contributed by atoms with Gasteiger partial charge in [-0.3, -0.25) is 9.20 Å². The van der Waals surface area contributed by atoms with Gasteiger partial charge in [0.05, 0.1) is 18.9 Å². The van der Waals surface area contributed by atoms with Crippen LogP contribution in [-0.4, -0.2) is 34.3 Å². The first-order chi connectivity index (χ1) is 18.1. The number of nitrogens with one attached hydrogen (secondary N) is 1. The highest BCUT2D eigenvalue weighted by Gasteiger charge is 2.43. The molecule has 2 aromatic carbocycles. The lowest BCUT2D eigenvalue weighted by molar-refractivity contribution is -0.272. The smallest absolute Gasteiger partial charge is 0.271 e. The molecule has 7 nitrogen and oxygen atoms in total. The van der Waals surface area contributed by atoms with Crippen LogP contribution < -0.4 is 10.1 Å². The standard InChI is InChI=1S/C28H26F3N3O4/c1-17-24(26(35)33-28(15-37-27(2,3)38-16-28)19-9-11-20(29)12-10-19)34-13-5-8-22(25(34)32-17)36-14-18-6-4-7-21(30)23(18)31/h4-13H,14-16H2,1-3H3,(H,33,35). The maximum Gasteiger partial charge on any atom is 0.271 e. The van der Waals surface area contributed by atoms with E-state index in [1.807, 2.05) is 0 Å². The van der Waals surface area contributed by atoms with Crippen molar-refractivity contribution in [3.05, 3.63) is 101 Å². The van der Waals surface area contributed by atoms with E-state index in [4.69, 9.17) is 14.2 Å². The molecule has 38 heavy (non-hydrogen) atoms. The van der Waals surface area contributed by atoms with Gasteiger partial charge >= 0.3 is 0 Å². The number of hydrogen-bond donors (Lipinski definition) is 1. The number of amides is 1. The van der Waals surface area contributed by atoms with Gasteiger partial charge < -0.3 is 19.5 Å². The van der Waals surface area contributed by atoms with Crippen LogP contribution in [0, 0.1) is 24.4 Å². The number of ether oxygens (including phenoxy) is 3. The molecule has 1 N–H and O–H groups in total. The highest BCUT2D eigenvalue weighted by Crippen LogP contribution is 2.32. The van der Waals surface area contributed by atoms with Crippen molar-refractivity contribution in [1.29, 1.82) is 0 Å². The maximum absolute atomic E-state index is 14.1. The van der Waals surface area contributed by atoms with Gasteiger partial charge in [0.25, 0.3) is 5.91 Å². The summed E-state index contributed by atoms with van der Waals surface area (Å²) in [5.41, 5.74) is 0.585. The molecule has 1 fully saturated rings. The largest absolute Gasteiger partial charge is 0.485 e. The molecule has 10 heteroatoms. The predicted octanol–water partition coefficient (Wildman–Crippen LogP) is 5.05. The molecule has 0 unspecified atom stereocenters. The Labute approximate surface area is 217 Å². The van der Waals surface area contributed by atoms with Crippen molar-refractivity contribution >= 4 is 11.6 Å². The van der Waals surface area contributed by atoms with E-state index in [1.165, 1.54) is 24.3 Å². The van der Waals surface area contributed by atoms with Crippen molar-refractivity contribution in [1.82, 2.24) is 14.7 Å². The summed E-state index contributed by atoms with van der Waals surface area (Å²) in [5.74, 6) is -3.37. The van der Waals surface area contributed by atoms with Crippen molar-refractivity contribution < 1.29 is 32.2 Å². The molecule has 1 aliphatic heterocycles. The summed E-state index contributed by atoms with van der Waals surface area (Å²) < 4.78 is 60.4. The van der Waals surface area contributed by atoms with Gasteiger partial charge in [0, 0.05) is 11.8 Å². The van der Waals surface area contributed by atoms with Crippen molar-refractivity contribution in [2.45, 2.75) is 38.7 Å². The third-order valence-electron chi connectivity index (χ3n) is 6.50. The molecule has 0 saturated carbocycles. The monoisotopic (exact) mass is 525 g/mol. The number of fused-ring (bicyclic) bond motifs is 1. The van der Waals surface area contributed by atoms with Crippen molar-refractivity contribution in [3.63, 3.8) is 0 Å². The van der Waals surface area contributed by atoms with Crippen LogP contribution in [0.15, 0.2) is 60.8 Å². The summed E-state index contributed by atoms with van der Waals surface area (Å²) in [5, 5.41) is 3.03. The van der Waals surface area contributed by atoms with Gasteiger partial charge in [0.2, 0.25) is 0 Å². The van der Waals surface area contributed by atoms with E-state index < -0.39 is 34.7 Å². The molecular weight excluding hydrogens is 499 g/mol. The number of benzene rings is 2. The predicted molar refractivity (Wildman–Crippen MR) is 132 cm³/mol. The van der Waals surface area contributed by atoms with Crippen LogP contribution in [0.5, 0.6) is 5.75 Å². The number of imidazole rings is 1. The van der Waals surface area contributed by atoms with Crippen LogP contribution in [0.3, 0.4) is 0 Å². The summed E-state index contributed by atoms with van der Waals surface area (Å²) >= 11 is 0. The van der Waals surface area contributed by atoms with Crippen LogP contribution in [0.1, 0.15) is 41.2 Å². The fraction of sp³-hybridized carbons (Fsp3) is 0.286. The highest BCUT2D eigenvalue weighted by molar-refractivity contribution is 5.95. The Morgan fingerprint density at radius 3 is 2.47 bits per heavy atom. The number of carbonyl (C=O) groups is 1. The van der Waals surface area contributed by atoms with Crippen molar-refractivity contribution in [3.8, 4) is 5.75 Å². The Hall–Kier alpha value is -3.89. The van der Waals surface area contributed by atoms with E-state index in [0.29, 0.717) is 16.9 Å². The van der Waals surface area contributed by atoms with Crippen LogP contribution in [0.2, 0.25) is 0 Å². The maximum atomic E-state index is 14.1. The number of carbonyl (C=O) groups excluding carboxylic acids is 1. The molecule has 0 bridgehead atoms. The lowest BCUT2D eigenvalue weighted by Crippen LogP contribution is -2.58. The Morgan fingerprint density at radius 2 is 1.76 bits per heavy atom. The first kappa shape index (κ1) is 25.7. The minimum absolute atomic E-state index is 0.0507. The molecule has 0 aliphatic carbocycles. The minimum Gasteiger partial charge on any atom is -0.485 e. The number of pyridine rings is 1. The Balaban J connectivity index is 1.46. The summed E-state index contributed by atoms with van der Waals surface area (Å²) in [7, 11) is 0. The van der Waals surface area contributed by atoms with E-state index in [1.54, 1.807) is 55.6 Å².